The van der Waals surface area contributed by atoms with Gasteiger partial charge < -0.3 is 15.6 Å². The van der Waals surface area contributed by atoms with Crippen LogP contribution in [0.5, 0.6) is 0 Å². The third-order valence-electron chi connectivity index (χ3n) is 4.70. The lowest BCUT2D eigenvalue weighted by Gasteiger charge is -2.20. The van der Waals surface area contributed by atoms with Crippen LogP contribution in [-0.4, -0.2) is 39.9 Å². The van der Waals surface area contributed by atoms with Gasteiger partial charge in [-0.05, 0) is 30.7 Å². The fourth-order valence-corrected chi connectivity index (χ4v) is 3.18. The maximum absolute atomic E-state index is 12.7. The molecule has 0 spiro atoms. The zero-order valence-corrected chi connectivity index (χ0v) is 13.4. The largest absolute Gasteiger partial charge is 0.345 e. The lowest BCUT2D eigenvalue weighted by Crippen LogP contribution is -2.34. The number of aromatic nitrogens is 2. The number of amides is 1. The molecule has 0 bridgehead atoms. The van der Waals surface area contributed by atoms with Crippen molar-refractivity contribution >= 4 is 5.91 Å². The zero-order valence-electron chi connectivity index (χ0n) is 13.4. The van der Waals surface area contributed by atoms with Crippen molar-refractivity contribution in [3.63, 3.8) is 0 Å². The molecule has 3 N–H and O–H groups in total. The molecular formula is C16H24N4O2. The molecule has 1 aromatic rings. The van der Waals surface area contributed by atoms with Crippen molar-refractivity contribution in [2.24, 2.45) is 17.6 Å². The third-order valence-corrected chi connectivity index (χ3v) is 4.70. The summed E-state index contributed by atoms with van der Waals surface area (Å²) in [5.41, 5.74) is 6.40. The second-order valence-corrected chi connectivity index (χ2v) is 7.61. The maximum atomic E-state index is 12.7. The van der Waals surface area contributed by atoms with Crippen LogP contribution in [-0.2, 0) is 5.41 Å². The van der Waals surface area contributed by atoms with E-state index in [9.17, 15) is 9.59 Å². The Labute approximate surface area is 130 Å². The molecule has 6 heteroatoms. The summed E-state index contributed by atoms with van der Waals surface area (Å²) in [6, 6.07) is 1.74. The highest BCUT2D eigenvalue weighted by Gasteiger charge is 2.42. The molecule has 2 fully saturated rings. The van der Waals surface area contributed by atoms with Crippen LogP contribution in [0.1, 0.15) is 49.8 Å². The van der Waals surface area contributed by atoms with Crippen LogP contribution in [0.3, 0.4) is 0 Å². The molecule has 120 valence electrons. The summed E-state index contributed by atoms with van der Waals surface area (Å²) < 4.78 is 0. The molecule has 0 aromatic carbocycles. The van der Waals surface area contributed by atoms with E-state index in [0.717, 1.165) is 5.69 Å². The summed E-state index contributed by atoms with van der Waals surface area (Å²) in [6.07, 6.45) is 2.44. The van der Waals surface area contributed by atoms with Crippen molar-refractivity contribution < 1.29 is 4.79 Å². The highest BCUT2D eigenvalue weighted by atomic mass is 16.2. The van der Waals surface area contributed by atoms with Gasteiger partial charge in [0.1, 0.15) is 5.69 Å². The molecular weight excluding hydrogens is 280 g/mol. The molecule has 1 saturated carbocycles. The van der Waals surface area contributed by atoms with E-state index in [1.807, 2.05) is 20.8 Å². The number of H-pyrrole nitrogens is 1. The van der Waals surface area contributed by atoms with Gasteiger partial charge in [-0.25, -0.2) is 4.79 Å². The lowest BCUT2D eigenvalue weighted by molar-refractivity contribution is 0.0778. The minimum atomic E-state index is -0.474. The first-order chi connectivity index (χ1) is 10.3. The first-order valence-corrected chi connectivity index (χ1v) is 7.92. The molecule has 2 heterocycles. The summed E-state index contributed by atoms with van der Waals surface area (Å²) in [4.78, 5) is 32.8. The molecule has 3 rings (SSSR count). The fraction of sp³-hybridized carbons (Fsp3) is 0.688. The summed E-state index contributed by atoms with van der Waals surface area (Å²) in [6.45, 7) is 7.20. The summed E-state index contributed by atoms with van der Waals surface area (Å²) in [5.74, 6) is 0.883. The number of aromatic amines is 1. The number of rotatable bonds is 2. The number of hydrogen-bond acceptors (Lipinski definition) is 4. The van der Waals surface area contributed by atoms with Crippen molar-refractivity contribution in [3.05, 3.63) is 27.9 Å². The average molecular weight is 304 g/mol. The normalized spacial score (nSPS) is 25.5. The minimum absolute atomic E-state index is 0.0422. The van der Waals surface area contributed by atoms with Crippen LogP contribution in [0.15, 0.2) is 10.9 Å². The number of hydrogen-bond donors (Lipinski definition) is 2. The topological polar surface area (TPSA) is 92.1 Å². The fourth-order valence-electron chi connectivity index (χ4n) is 3.18. The molecule has 2 aliphatic rings. The van der Waals surface area contributed by atoms with Crippen molar-refractivity contribution in [1.29, 1.82) is 0 Å². The second kappa shape index (κ2) is 5.19. The van der Waals surface area contributed by atoms with Gasteiger partial charge in [0.15, 0.2) is 0 Å². The predicted octanol–water partition coefficient (Wildman–Crippen LogP) is 0.877. The quantitative estimate of drug-likeness (QED) is 0.848. The first-order valence-electron chi connectivity index (χ1n) is 7.92. The van der Waals surface area contributed by atoms with Gasteiger partial charge in [-0.3, -0.25) is 4.79 Å². The summed E-state index contributed by atoms with van der Waals surface area (Å²) in [7, 11) is 0. The zero-order chi connectivity index (χ0) is 16.1. The Hall–Kier alpha value is -1.69. The molecule has 1 aliphatic heterocycles. The summed E-state index contributed by atoms with van der Waals surface area (Å²) >= 11 is 0. The van der Waals surface area contributed by atoms with Crippen LogP contribution >= 0.6 is 0 Å². The Morgan fingerprint density at radius 1 is 1.36 bits per heavy atom. The van der Waals surface area contributed by atoms with Gasteiger partial charge in [0.05, 0.1) is 0 Å². The van der Waals surface area contributed by atoms with Gasteiger partial charge in [-0.15, -0.1) is 0 Å². The monoisotopic (exact) mass is 304 g/mol. The van der Waals surface area contributed by atoms with Crippen LogP contribution < -0.4 is 11.4 Å². The van der Waals surface area contributed by atoms with E-state index in [-0.39, 0.29) is 23.1 Å². The summed E-state index contributed by atoms with van der Waals surface area (Å²) in [5, 5.41) is 0. The van der Waals surface area contributed by atoms with Gasteiger partial charge in [0.25, 0.3) is 5.91 Å². The van der Waals surface area contributed by atoms with Crippen LogP contribution in [0.2, 0.25) is 0 Å². The van der Waals surface area contributed by atoms with Crippen molar-refractivity contribution in [1.82, 2.24) is 14.9 Å². The lowest BCUT2D eigenvalue weighted by atomic mass is 9.91. The van der Waals surface area contributed by atoms with Crippen molar-refractivity contribution in [2.75, 3.05) is 13.1 Å². The SMILES string of the molecule is CC(C)(C)c1cc(C(=O)N2C[C@H](C3CC3)[C@@H](N)C2)nc(=O)[nH]1. The average Bonchev–Trinajstić information content (AvgIpc) is 3.19. The standard InChI is InChI=1S/C16H24N4O2/c1-16(2,3)13-6-12(18-15(22)19-13)14(21)20-7-10(9-4-5-9)11(17)8-20/h6,9-11H,4-5,7-8,17H2,1-3H3,(H,18,19,22)/t10-,11+/m1/s1. The second-order valence-electron chi connectivity index (χ2n) is 7.61. The van der Waals surface area contributed by atoms with Gasteiger partial charge >= 0.3 is 5.69 Å². The Balaban J connectivity index is 1.83. The molecule has 0 unspecified atom stereocenters. The molecule has 22 heavy (non-hydrogen) atoms. The number of carbonyl (C=O) groups is 1. The predicted molar refractivity (Wildman–Crippen MR) is 83.7 cm³/mol. The molecule has 1 saturated heterocycles. The molecule has 1 aromatic heterocycles. The van der Waals surface area contributed by atoms with Crippen LogP contribution in [0.4, 0.5) is 0 Å². The van der Waals surface area contributed by atoms with Crippen LogP contribution in [0, 0.1) is 11.8 Å². The molecule has 6 nitrogen and oxygen atoms in total. The van der Waals surface area contributed by atoms with E-state index in [1.165, 1.54) is 12.8 Å². The molecule has 1 aliphatic carbocycles. The van der Waals surface area contributed by atoms with E-state index >= 15 is 0 Å². The van der Waals surface area contributed by atoms with E-state index in [2.05, 4.69) is 9.97 Å². The number of carbonyl (C=O) groups excluding carboxylic acids is 1. The van der Waals surface area contributed by atoms with E-state index in [4.69, 9.17) is 5.73 Å². The number of nitrogens with one attached hydrogen (secondary N) is 1. The van der Waals surface area contributed by atoms with Gasteiger partial charge in [-0.2, -0.15) is 4.98 Å². The molecule has 0 radical (unpaired) electrons. The van der Waals surface area contributed by atoms with Crippen molar-refractivity contribution in [2.45, 2.75) is 45.1 Å². The minimum Gasteiger partial charge on any atom is -0.335 e. The Kier molecular flexibility index (Phi) is 3.59. The van der Waals surface area contributed by atoms with E-state index in [0.29, 0.717) is 24.9 Å². The highest BCUT2D eigenvalue weighted by molar-refractivity contribution is 5.92. The van der Waals surface area contributed by atoms with Crippen LogP contribution in [0.25, 0.3) is 0 Å². The molecule has 2 atom stereocenters. The smallest absolute Gasteiger partial charge is 0.335 e. The molecule has 1 amide bonds. The van der Waals surface area contributed by atoms with Gasteiger partial charge in [-0.1, -0.05) is 20.8 Å². The number of nitrogens with two attached hydrogens (primary N) is 1. The number of likely N-dealkylation sites (tertiary alicyclic amines) is 1. The Bertz CT molecular complexity index is 642. The van der Waals surface area contributed by atoms with E-state index < -0.39 is 5.69 Å². The highest BCUT2D eigenvalue weighted by Crippen LogP contribution is 2.41. The number of nitrogens with zero attached hydrogens (tertiary/aromatic N) is 2. The Morgan fingerprint density at radius 3 is 2.64 bits per heavy atom. The third kappa shape index (κ3) is 2.92. The Morgan fingerprint density at radius 2 is 2.05 bits per heavy atom. The van der Waals surface area contributed by atoms with Crippen molar-refractivity contribution in [3.8, 4) is 0 Å². The maximum Gasteiger partial charge on any atom is 0.345 e. The van der Waals surface area contributed by atoms with Gasteiger partial charge in [0, 0.05) is 30.2 Å². The van der Waals surface area contributed by atoms with Gasteiger partial charge in [0.2, 0.25) is 0 Å². The first kappa shape index (κ1) is 15.2. The van der Waals surface area contributed by atoms with E-state index in [1.54, 1.807) is 11.0 Å².